The Kier molecular flexibility index (Phi) is 3.57. The summed E-state index contributed by atoms with van der Waals surface area (Å²) < 4.78 is 5.68. The van der Waals surface area contributed by atoms with Crippen molar-refractivity contribution < 1.29 is 9.53 Å². The molecule has 80 valence electrons. The molecule has 0 bridgehead atoms. The fourth-order valence-electron chi connectivity index (χ4n) is 2.62. The first-order valence-electron chi connectivity index (χ1n) is 6.00. The van der Waals surface area contributed by atoms with Crippen molar-refractivity contribution >= 4 is 5.78 Å². The first-order valence-corrected chi connectivity index (χ1v) is 6.00. The molecular formula is C12H20O2. The van der Waals surface area contributed by atoms with E-state index in [2.05, 4.69) is 0 Å². The van der Waals surface area contributed by atoms with Crippen LogP contribution in [0.15, 0.2) is 0 Å². The third-order valence-electron chi connectivity index (χ3n) is 3.50. The van der Waals surface area contributed by atoms with E-state index in [4.69, 9.17) is 4.74 Å². The van der Waals surface area contributed by atoms with E-state index in [0.717, 1.165) is 32.3 Å². The molecule has 0 aromatic rings. The zero-order chi connectivity index (χ0) is 9.80. The van der Waals surface area contributed by atoms with Gasteiger partial charge in [-0.05, 0) is 38.5 Å². The molecule has 2 nitrogen and oxygen atoms in total. The van der Waals surface area contributed by atoms with E-state index in [-0.39, 0.29) is 0 Å². The lowest BCUT2D eigenvalue weighted by Crippen LogP contribution is -2.27. The maximum Gasteiger partial charge on any atom is 0.136 e. The summed E-state index contributed by atoms with van der Waals surface area (Å²) in [6.07, 6.45) is 9.32. The highest BCUT2D eigenvalue weighted by Gasteiger charge is 2.26. The van der Waals surface area contributed by atoms with Gasteiger partial charge in [-0.2, -0.15) is 0 Å². The predicted molar refractivity (Wildman–Crippen MR) is 55.2 cm³/mol. The molecule has 2 fully saturated rings. The highest BCUT2D eigenvalue weighted by Crippen LogP contribution is 2.28. The Morgan fingerprint density at radius 3 is 2.71 bits per heavy atom. The third kappa shape index (κ3) is 2.57. The normalized spacial score (nSPS) is 34.4. The van der Waals surface area contributed by atoms with Crippen LogP contribution in [0.4, 0.5) is 0 Å². The second-order valence-electron chi connectivity index (χ2n) is 4.63. The Morgan fingerprint density at radius 1 is 1.14 bits per heavy atom. The number of hydrogen-bond donors (Lipinski definition) is 0. The van der Waals surface area contributed by atoms with Crippen LogP contribution in [0, 0.1) is 5.92 Å². The summed E-state index contributed by atoms with van der Waals surface area (Å²) in [4.78, 5) is 11.6. The molecule has 0 spiro atoms. The highest BCUT2D eigenvalue weighted by molar-refractivity contribution is 5.81. The number of carbonyl (C=O) groups is 1. The van der Waals surface area contributed by atoms with Crippen molar-refractivity contribution in [1.29, 1.82) is 0 Å². The maximum absolute atomic E-state index is 11.6. The average Bonchev–Trinajstić information content (AvgIpc) is 2.23. The Labute approximate surface area is 86.0 Å². The van der Waals surface area contributed by atoms with E-state index in [1.165, 1.54) is 25.7 Å². The van der Waals surface area contributed by atoms with Gasteiger partial charge in [-0.15, -0.1) is 0 Å². The average molecular weight is 196 g/mol. The van der Waals surface area contributed by atoms with E-state index >= 15 is 0 Å². The Bertz CT molecular complexity index is 194. The van der Waals surface area contributed by atoms with E-state index in [0.29, 0.717) is 17.8 Å². The highest BCUT2D eigenvalue weighted by atomic mass is 16.5. The van der Waals surface area contributed by atoms with Gasteiger partial charge in [-0.3, -0.25) is 4.79 Å². The van der Waals surface area contributed by atoms with Crippen molar-refractivity contribution in [3.05, 3.63) is 0 Å². The fourth-order valence-corrected chi connectivity index (χ4v) is 2.62. The van der Waals surface area contributed by atoms with Gasteiger partial charge < -0.3 is 4.74 Å². The summed E-state index contributed by atoms with van der Waals surface area (Å²) >= 11 is 0. The lowest BCUT2D eigenvalue weighted by molar-refractivity contribution is -0.126. The second kappa shape index (κ2) is 4.92. The summed E-state index contributed by atoms with van der Waals surface area (Å²) in [6, 6.07) is 0. The van der Waals surface area contributed by atoms with Crippen molar-refractivity contribution in [1.82, 2.24) is 0 Å². The minimum atomic E-state index is 0.326. The van der Waals surface area contributed by atoms with Gasteiger partial charge in [0, 0.05) is 18.9 Å². The van der Waals surface area contributed by atoms with Gasteiger partial charge in [0.2, 0.25) is 0 Å². The first kappa shape index (κ1) is 10.2. The van der Waals surface area contributed by atoms with E-state index in [1.54, 1.807) is 0 Å². The van der Waals surface area contributed by atoms with Crippen LogP contribution in [-0.4, -0.2) is 18.5 Å². The van der Waals surface area contributed by atoms with Crippen molar-refractivity contribution in [2.45, 2.75) is 57.5 Å². The smallest absolute Gasteiger partial charge is 0.136 e. The van der Waals surface area contributed by atoms with Crippen LogP contribution in [0.25, 0.3) is 0 Å². The monoisotopic (exact) mass is 196 g/mol. The maximum atomic E-state index is 11.6. The van der Waals surface area contributed by atoms with E-state index < -0.39 is 0 Å². The first-order chi connectivity index (χ1) is 6.86. The van der Waals surface area contributed by atoms with Gasteiger partial charge >= 0.3 is 0 Å². The molecule has 0 radical (unpaired) electrons. The summed E-state index contributed by atoms with van der Waals surface area (Å²) in [7, 11) is 0. The molecule has 2 rings (SSSR count). The number of rotatable bonds is 2. The molecule has 0 N–H and O–H groups in total. The SMILES string of the molecule is O=C1CCCCC1CC1CCCCO1. The van der Waals surface area contributed by atoms with Crippen LogP contribution in [0.1, 0.15) is 51.4 Å². The topological polar surface area (TPSA) is 26.3 Å². The standard InChI is InChI=1S/C12H20O2/c13-12-7-2-1-5-10(12)9-11-6-3-4-8-14-11/h10-11H,1-9H2. The quantitative estimate of drug-likeness (QED) is 0.678. The zero-order valence-corrected chi connectivity index (χ0v) is 8.84. The molecule has 1 saturated carbocycles. The lowest BCUT2D eigenvalue weighted by Gasteiger charge is -2.28. The lowest BCUT2D eigenvalue weighted by atomic mass is 9.83. The summed E-state index contributed by atoms with van der Waals surface area (Å²) in [6.45, 7) is 0.908. The molecule has 1 aliphatic carbocycles. The van der Waals surface area contributed by atoms with Gasteiger partial charge in [0.05, 0.1) is 6.10 Å². The molecular weight excluding hydrogens is 176 g/mol. The van der Waals surface area contributed by atoms with Crippen LogP contribution in [0.3, 0.4) is 0 Å². The van der Waals surface area contributed by atoms with Crippen molar-refractivity contribution in [3.63, 3.8) is 0 Å². The fraction of sp³-hybridized carbons (Fsp3) is 0.917. The minimum Gasteiger partial charge on any atom is -0.378 e. The Hall–Kier alpha value is -0.370. The van der Waals surface area contributed by atoms with Gasteiger partial charge in [0.25, 0.3) is 0 Å². The molecule has 1 aliphatic heterocycles. The number of Topliss-reactive ketones (excluding diaryl/α,β-unsaturated/α-hetero) is 1. The van der Waals surface area contributed by atoms with Crippen LogP contribution >= 0.6 is 0 Å². The molecule has 2 atom stereocenters. The molecule has 0 aromatic heterocycles. The van der Waals surface area contributed by atoms with Crippen molar-refractivity contribution in [2.75, 3.05) is 6.61 Å². The number of ether oxygens (including phenoxy) is 1. The molecule has 1 heterocycles. The molecule has 0 aromatic carbocycles. The van der Waals surface area contributed by atoms with E-state index in [9.17, 15) is 4.79 Å². The van der Waals surface area contributed by atoms with Crippen LogP contribution < -0.4 is 0 Å². The summed E-state index contributed by atoms with van der Waals surface area (Å²) in [5.41, 5.74) is 0. The Morgan fingerprint density at radius 2 is 2.00 bits per heavy atom. The second-order valence-corrected chi connectivity index (χ2v) is 4.63. The molecule has 14 heavy (non-hydrogen) atoms. The molecule has 2 heteroatoms. The molecule has 2 unspecified atom stereocenters. The predicted octanol–water partition coefficient (Wildman–Crippen LogP) is 2.70. The Balaban J connectivity index is 1.79. The number of ketones is 1. The van der Waals surface area contributed by atoms with Crippen LogP contribution in [-0.2, 0) is 9.53 Å². The van der Waals surface area contributed by atoms with Crippen molar-refractivity contribution in [2.24, 2.45) is 5.92 Å². The third-order valence-corrected chi connectivity index (χ3v) is 3.50. The largest absolute Gasteiger partial charge is 0.378 e. The van der Waals surface area contributed by atoms with Gasteiger partial charge in [-0.25, -0.2) is 0 Å². The van der Waals surface area contributed by atoms with Gasteiger partial charge in [0.1, 0.15) is 5.78 Å². The number of carbonyl (C=O) groups excluding carboxylic acids is 1. The van der Waals surface area contributed by atoms with Gasteiger partial charge in [-0.1, -0.05) is 6.42 Å². The number of hydrogen-bond acceptors (Lipinski definition) is 2. The van der Waals surface area contributed by atoms with E-state index in [1.807, 2.05) is 0 Å². The summed E-state index contributed by atoms with van der Waals surface area (Å²) in [5.74, 6) is 0.817. The van der Waals surface area contributed by atoms with Crippen LogP contribution in [0.5, 0.6) is 0 Å². The molecule has 2 aliphatic rings. The van der Waals surface area contributed by atoms with Crippen molar-refractivity contribution in [3.8, 4) is 0 Å². The zero-order valence-electron chi connectivity index (χ0n) is 8.84. The molecule has 1 saturated heterocycles. The molecule has 0 amide bonds. The van der Waals surface area contributed by atoms with Crippen LogP contribution in [0.2, 0.25) is 0 Å². The minimum absolute atomic E-state index is 0.326. The summed E-state index contributed by atoms with van der Waals surface area (Å²) in [5, 5.41) is 0. The van der Waals surface area contributed by atoms with Gasteiger partial charge in [0.15, 0.2) is 0 Å².